The van der Waals surface area contributed by atoms with Gasteiger partial charge in [0.05, 0.1) is 18.7 Å². The highest BCUT2D eigenvalue weighted by molar-refractivity contribution is 5.94. The zero-order chi connectivity index (χ0) is 23.1. The minimum Gasteiger partial charge on any atom is -0.451 e. The number of allylic oxidation sites excluding steroid dienone is 7. The third kappa shape index (κ3) is 3.13. The number of hydrogen-bond donors (Lipinski definition) is 6. The number of nitrogens with zero attached hydrogens (tertiary/aromatic N) is 3. The minimum atomic E-state index is -2.66. The molecule has 0 bridgehead atoms. The van der Waals surface area contributed by atoms with E-state index in [1.807, 2.05) is 12.2 Å². The van der Waals surface area contributed by atoms with Gasteiger partial charge in [0, 0.05) is 0 Å². The van der Waals surface area contributed by atoms with E-state index >= 15 is 0 Å². The Hall–Kier alpha value is -3.41. The van der Waals surface area contributed by atoms with Crippen LogP contribution in [0.3, 0.4) is 0 Å². The van der Waals surface area contributed by atoms with Gasteiger partial charge in [0.2, 0.25) is 5.79 Å². The summed E-state index contributed by atoms with van der Waals surface area (Å²) in [6.07, 6.45) is 11.1. The Morgan fingerprint density at radius 1 is 1.38 bits per heavy atom. The molecular weight excluding hydrogens is 416 g/mol. The summed E-state index contributed by atoms with van der Waals surface area (Å²) < 4.78 is 5.60. The number of nitrogens with one attached hydrogen (secondary N) is 1. The Bertz CT molecular complexity index is 1010. The topological polar surface area (TPSA) is 179 Å². The Balaban J connectivity index is 1.68. The number of hydrogen-bond acceptors (Lipinski definition) is 11. The molecule has 3 aliphatic heterocycles. The predicted octanol–water partition coefficient (Wildman–Crippen LogP) is -1.88. The molecule has 4 atom stereocenters. The smallest absolute Gasteiger partial charge is 0.338 e. The lowest BCUT2D eigenvalue weighted by molar-refractivity contribution is -0.261. The number of ether oxygens (including phenoxy) is 1. The van der Waals surface area contributed by atoms with Crippen molar-refractivity contribution < 1.29 is 24.9 Å². The molecule has 4 rings (SSSR count). The van der Waals surface area contributed by atoms with Crippen molar-refractivity contribution in [3.63, 3.8) is 0 Å². The van der Waals surface area contributed by atoms with Gasteiger partial charge in [-0.1, -0.05) is 43.0 Å². The first-order chi connectivity index (χ1) is 15.3. The van der Waals surface area contributed by atoms with Crippen LogP contribution in [-0.4, -0.2) is 80.9 Å². The van der Waals surface area contributed by atoms with Crippen LogP contribution in [0.1, 0.15) is 6.42 Å². The maximum atomic E-state index is 13.1. The van der Waals surface area contributed by atoms with Crippen molar-refractivity contribution >= 4 is 17.9 Å². The van der Waals surface area contributed by atoms with Crippen LogP contribution < -0.4 is 16.8 Å². The Labute approximate surface area is 184 Å². The van der Waals surface area contributed by atoms with Gasteiger partial charge in [-0.3, -0.25) is 0 Å². The third-order valence-electron chi connectivity index (χ3n) is 6.03. The summed E-state index contributed by atoms with van der Waals surface area (Å²) >= 11 is 0. The Kier molecular flexibility index (Phi) is 5.41. The van der Waals surface area contributed by atoms with Crippen LogP contribution in [0, 0.1) is 0 Å². The van der Waals surface area contributed by atoms with Crippen molar-refractivity contribution in [1.29, 1.82) is 0 Å². The highest BCUT2D eigenvalue weighted by Gasteiger charge is 2.74. The van der Waals surface area contributed by atoms with Crippen molar-refractivity contribution in [2.75, 3.05) is 13.2 Å². The number of aliphatic imine (C=N–C) groups is 2. The fraction of sp³-hybridized carbons (Fsp3) is 0.381. The van der Waals surface area contributed by atoms with Crippen LogP contribution in [0.2, 0.25) is 0 Å². The lowest BCUT2D eigenvalue weighted by Crippen LogP contribution is -2.77. The number of esters is 1. The van der Waals surface area contributed by atoms with Gasteiger partial charge in [-0.15, -0.1) is 0 Å². The van der Waals surface area contributed by atoms with Crippen LogP contribution in [0.15, 0.2) is 70.2 Å². The van der Waals surface area contributed by atoms with E-state index in [1.54, 1.807) is 24.3 Å². The zero-order valence-corrected chi connectivity index (χ0v) is 17.3. The lowest BCUT2D eigenvalue weighted by Gasteiger charge is -2.48. The molecule has 32 heavy (non-hydrogen) atoms. The van der Waals surface area contributed by atoms with Crippen LogP contribution in [0.5, 0.6) is 0 Å². The summed E-state index contributed by atoms with van der Waals surface area (Å²) in [5.74, 6) is -3.54. The van der Waals surface area contributed by atoms with Crippen molar-refractivity contribution in [3.8, 4) is 0 Å². The highest BCUT2D eigenvalue weighted by Crippen LogP contribution is 2.45. The SMILES string of the molecule is C=C/C=C\C(C(=O)O[C@H]1CN2C(N)=N[C@@H](CO)C3N=C(N)N[C@@]32C1(O)O)=C1\C=CC=CC1. The van der Waals surface area contributed by atoms with Gasteiger partial charge in [0.15, 0.2) is 23.7 Å². The van der Waals surface area contributed by atoms with Gasteiger partial charge in [-0.25, -0.2) is 14.8 Å². The molecule has 0 amide bonds. The summed E-state index contributed by atoms with van der Waals surface area (Å²) in [4.78, 5) is 22.9. The van der Waals surface area contributed by atoms with Gasteiger partial charge in [0.25, 0.3) is 0 Å². The summed E-state index contributed by atoms with van der Waals surface area (Å²) in [6, 6.07) is -1.83. The second-order valence-corrected chi connectivity index (χ2v) is 7.84. The summed E-state index contributed by atoms with van der Waals surface area (Å²) in [6.45, 7) is 3.00. The molecule has 1 saturated heterocycles. The van der Waals surface area contributed by atoms with E-state index in [0.29, 0.717) is 12.0 Å². The third-order valence-corrected chi connectivity index (χ3v) is 6.03. The van der Waals surface area contributed by atoms with Crippen molar-refractivity contribution in [1.82, 2.24) is 10.2 Å². The van der Waals surface area contributed by atoms with E-state index in [9.17, 15) is 20.1 Å². The molecule has 1 fully saturated rings. The van der Waals surface area contributed by atoms with Crippen molar-refractivity contribution in [3.05, 3.63) is 60.3 Å². The molecule has 8 N–H and O–H groups in total. The van der Waals surface area contributed by atoms with Crippen LogP contribution in [0.4, 0.5) is 0 Å². The van der Waals surface area contributed by atoms with Gasteiger partial charge in [-0.2, -0.15) is 0 Å². The van der Waals surface area contributed by atoms with E-state index < -0.39 is 42.2 Å². The van der Waals surface area contributed by atoms with E-state index in [-0.39, 0.29) is 24.0 Å². The molecule has 3 heterocycles. The van der Waals surface area contributed by atoms with Gasteiger partial charge in [-0.05, 0) is 18.1 Å². The van der Waals surface area contributed by atoms with Gasteiger partial charge >= 0.3 is 5.97 Å². The van der Waals surface area contributed by atoms with E-state index in [0.717, 1.165) is 0 Å². The van der Waals surface area contributed by atoms with Gasteiger partial charge in [0.1, 0.15) is 12.1 Å². The summed E-state index contributed by atoms with van der Waals surface area (Å²) in [7, 11) is 0. The van der Waals surface area contributed by atoms with Crippen LogP contribution in [-0.2, 0) is 9.53 Å². The number of rotatable bonds is 5. The number of carbonyl (C=O) groups is 1. The first kappa shape index (κ1) is 21.8. The molecule has 0 radical (unpaired) electrons. The molecule has 1 spiro atoms. The molecule has 1 unspecified atom stereocenters. The predicted molar refractivity (Wildman–Crippen MR) is 117 cm³/mol. The number of guanidine groups is 2. The first-order valence-corrected chi connectivity index (χ1v) is 10.1. The van der Waals surface area contributed by atoms with E-state index in [1.165, 1.54) is 11.0 Å². The normalized spacial score (nSPS) is 33.8. The standard InChI is InChI=1S/C21H26N6O5/c1-2-3-9-13(12-7-5-4-6-8-12)17(29)32-15-10-27-19(23)24-14(11-28)16-20(27,21(15,30)31)26-18(22)25-16/h2-7,9,14-16,28,30-31H,1,8,10-11H2,(H2,23,24)(H3,22,25,26)/b9-3-,13-12+/t14-,15-,16?,20-/m0/s1. The molecule has 0 saturated carbocycles. The summed E-state index contributed by atoms with van der Waals surface area (Å²) in [5.41, 5.74) is 11.1. The van der Waals surface area contributed by atoms with Crippen LogP contribution >= 0.6 is 0 Å². The summed E-state index contributed by atoms with van der Waals surface area (Å²) in [5, 5.41) is 35.0. The number of carbonyl (C=O) groups excluding carboxylic acids is 1. The number of nitrogens with two attached hydrogens (primary N) is 2. The molecule has 4 aliphatic rings. The number of aliphatic hydroxyl groups is 3. The lowest BCUT2D eigenvalue weighted by atomic mass is 9.86. The molecule has 11 nitrogen and oxygen atoms in total. The van der Waals surface area contributed by atoms with E-state index in [2.05, 4.69) is 21.9 Å². The molecule has 1 aliphatic carbocycles. The van der Waals surface area contributed by atoms with Gasteiger partial charge < -0.3 is 41.7 Å². The van der Waals surface area contributed by atoms with E-state index in [4.69, 9.17) is 16.2 Å². The second kappa shape index (κ2) is 7.93. The second-order valence-electron chi connectivity index (χ2n) is 7.84. The largest absolute Gasteiger partial charge is 0.451 e. The Morgan fingerprint density at radius 3 is 2.81 bits per heavy atom. The molecule has 0 aromatic carbocycles. The fourth-order valence-corrected chi connectivity index (χ4v) is 4.55. The minimum absolute atomic E-state index is 0.0609. The molecular formula is C21H26N6O5. The fourth-order valence-electron chi connectivity index (χ4n) is 4.55. The molecule has 0 aromatic heterocycles. The quantitative estimate of drug-likeness (QED) is 0.123. The van der Waals surface area contributed by atoms with Crippen LogP contribution in [0.25, 0.3) is 0 Å². The molecule has 11 heteroatoms. The van der Waals surface area contributed by atoms with Crippen molar-refractivity contribution in [2.45, 2.75) is 36.1 Å². The molecule has 0 aromatic rings. The maximum Gasteiger partial charge on any atom is 0.338 e. The highest BCUT2D eigenvalue weighted by atomic mass is 16.6. The number of aliphatic hydroxyl groups excluding tert-OH is 1. The van der Waals surface area contributed by atoms with Crippen molar-refractivity contribution in [2.24, 2.45) is 21.5 Å². The zero-order valence-electron chi connectivity index (χ0n) is 17.3. The monoisotopic (exact) mass is 442 g/mol. The molecule has 170 valence electrons. The first-order valence-electron chi connectivity index (χ1n) is 10.1. The average molecular weight is 442 g/mol. The Morgan fingerprint density at radius 2 is 2.16 bits per heavy atom. The average Bonchev–Trinajstić information content (AvgIpc) is 3.23. The maximum absolute atomic E-state index is 13.1.